The second kappa shape index (κ2) is 5.30. The predicted octanol–water partition coefficient (Wildman–Crippen LogP) is 3.10. The molecule has 1 aromatic rings. The molecule has 0 fully saturated rings. The third-order valence-electron chi connectivity index (χ3n) is 3.11. The number of anilines is 1. The Balaban J connectivity index is 2.64. The van der Waals surface area contributed by atoms with Crippen molar-refractivity contribution < 1.29 is 9.50 Å². The number of rotatable bonds is 5. The van der Waals surface area contributed by atoms with Crippen molar-refractivity contribution in [2.75, 3.05) is 11.9 Å². The zero-order valence-corrected chi connectivity index (χ0v) is 10.2. The van der Waals surface area contributed by atoms with Crippen LogP contribution in [0.5, 0.6) is 0 Å². The summed E-state index contributed by atoms with van der Waals surface area (Å²) in [5.41, 5.74) is 0.636. The first-order valence-corrected chi connectivity index (χ1v) is 5.73. The fraction of sp³-hybridized carbons (Fsp3) is 0.538. The van der Waals surface area contributed by atoms with Crippen molar-refractivity contribution >= 4 is 5.69 Å². The van der Waals surface area contributed by atoms with Crippen molar-refractivity contribution in [3.63, 3.8) is 0 Å². The lowest BCUT2D eigenvalue weighted by molar-refractivity contribution is 0.0457. The number of nitrogens with one attached hydrogen (secondary N) is 1. The highest BCUT2D eigenvalue weighted by atomic mass is 19.1. The van der Waals surface area contributed by atoms with Gasteiger partial charge in [0.15, 0.2) is 0 Å². The molecule has 0 atom stereocenters. The second-order valence-corrected chi connectivity index (χ2v) is 4.25. The standard InChI is InChI=1S/C13H20FNO/c1-4-13(16,5-2)9-15-11-7-6-10(3)12(14)8-11/h6-8,15-16H,4-5,9H2,1-3H3. The Morgan fingerprint density at radius 1 is 1.31 bits per heavy atom. The molecule has 0 spiro atoms. The molecule has 1 rings (SSSR count). The van der Waals surface area contributed by atoms with Crippen LogP contribution >= 0.6 is 0 Å². The summed E-state index contributed by atoms with van der Waals surface area (Å²) in [7, 11) is 0. The van der Waals surface area contributed by atoms with Crippen LogP contribution in [0.15, 0.2) is 18.2 Å². The summed E-state index contributed by atoms with van der Waals surface area (Å²) in [6.45, 7) is 6.07. The molecule has 0 unspecified atom stereocenters. The van der Waals surface area contributed by atoms with Crippen molar-refractivity contribution in [3.05, 3.63) is 29.6 Å². The van der Waals surface area contributed by atoms with Gasteiger partial charge in [0.2, 0.25) is 0 Å². The van der Waals surface area contributed by atoms with E-state index < -0.39 is 5.60 Å². The quantitative estimate of drug-likeness (QED) is 0.807. The maximum absolute atomic E-state index is 13.3. The molecule has 0 saturated heterocycles. The van der Waals surface area contributed by atoms with Crippen LogP contribution in [0.4, 0.5) is 10.1 Å². The molecule has 0 aromatic heterocycles. The molecule has 0 heterocycles. The van der Waals surface area contributed by atoms with Crippen LogP contribution in [0.2, 0.25) is 0 Å². The van der Waals surface area contributed by atoms with Crippen molar-refractivity contribution in [2.24, 2.45) is 0 Å². The molecule has 0 radical (unpaired) electrons. The molecule has 2 N–H and O–H groups in total. The first-order valence-electron chi connectivity index (χ1n) is 5.73. The minimum Gasteiger partial charge on any atom is -0.388 e. The van der Waals surface area contributed by atoms with Gasteiger partial charge in [-0.15, -0.1) is 0 Å². The molecule has 0 aliphatic rings. The number of hydrogen-bond acceptors (Lipinski definition) is 2. The molecular formula is C13H20FNO. The van der Waals surface area contributed by atoms with E-state index >= 15 is 0 Å². The van der Waals surface area contributed by atoms with Gasteiger partial charge in [0.25, 0.3) is 0 Å². The van der Waals surface area contributed by atoms with Crippen molar-refractivity contribution in [2.45, 2.75) is 39.2 Å². The van der Waals surface area contributed by atoms with Crippen molar-refractivity contribution in [3.8, 4) is 0 Å². The molecule has 0 aliphatic carbocycles. The van der Waals surface area contributed by atoms with E-state index in [9.17, 15) is 9.50 Å². The first-order chi connectivity index (χ1) is 7.50. The lowest BCUT2D eigenvalue weighted by Gasteiger charge is -2.26. The van der Waals surface area contributed by atoms with Crippen molar-refractivity contribution in [1.82, 2.24) is 0 Å². The second-order valence-electron chi connectivity index (χ2n) is 4.25. The van der Waals surface area contributed by atoms with Gasteiger partial charge in [-0.3, -0.25) is 0 Å². The minimum absolute atomic E-state index is 0.221. The number of aryl methyl sites for hydroxylation is 1. The number of benzene rings is 1. The Morgan fingerprint density at radius 3 is 2.44 bits per heavy atom. The van der Waals surface area contributed by atoms with Gasteiger partial charge in [0.1, 0.15) is 5.82 Å². The fourth-order valence-corrected chi connectivity index (χ4v) is 1.47. The number of halogens is 1. The fourth-order valence-electron chi connectivity index (χ4n) is 1.47. The maximum Gasteiger partial charge on any atom is 0.128 e. The molecule has 0 bridgehead atoms. The summed E-state index contributed by atoms with van der Waals surface area (Å²) in [6, 6.07) is 5.01. The number of aliphatic hydroxyl groups is 1. The molecule has 0 aliphatic heterocycles. The van der Waals surface area contributed by atoms with Gasteiger partial charge in [0, 0.05) is 12.2 Å². The average molecular weight is 225 g/mol. The summed E-state index contributed by atoms with van der Waals surface area (Å²) in [6.07, 6.45) is 1.37. The van der Waals surface area contributed by atoms with Gasteiger partial charge < -0.3 is 10.4 Å². The summed E-state index contributed by atoms with van der Waals surface area (Å²) in [4.78, 5) is 0. The van der Waals surface area contributed by atoms with E-state index in [0.717, 1.165) is 0 Å². The largest absolute Gasteiger partial charge is 0.388 e. The van der Waals surface area contributed by atoms with Gasteiger partial charge in [0.05, 0.1) is 5.60 Å². The molecule has 2 nitrogen and oxygen atoms in total. The van der Waals surface area contributed by atoms with Crippen LogP contribution in [-0.4, -0.2) is 17.3 Å². The third kappa shape index (κ3) is 3.20. The van der Waals surface area contributed by atoms with E-state index in [1.54, 1.807) is 13.0 Å². The highest BCUT2D eigenvalue weighted by Crippen LogP contribution is 2.18. The van der Waals surface area contributed by atoms with Crippen LogP contribution in [0.1, 0.15) is 32.3 Å². The Bertz CT molecular complexity index is 348. The summed E-state index contributed by atoms with van der Waals surface area (Å²) < 4.78 is 13.3. The normalized spacial score (nSPS) is 11.6. The topological polar surface area (TPSA) is 32.3 Å². The first kappa shape index (κ1) is 13.0. The zero-order chi connectivity index (χ0) is 12.2. The minimum atomic E-state index is -0.707. The summed E-state index contributed by atoms with van der Waals surface area (Å²) >= 11 is 0. The van der Waals surface area contributed by atoms with Gasteiger partial charge in [-0.2, -0.15) is 0 Å². The van der Waals surface area contributed by atoms with E-state index in [1.807, 2.05) is 19.9 Å². The van der Waals surface area contributed by atoms with E-state index in [4.69, 9.17) is 0 Å². The van der Waals surface area contributed by atoms with Crippen LogP contribution < -0.4 is 5.32 Å². The van der Waals surface area contributed by atoms with Crippen LogP contribution in [-0.2, 0) is 0 Å². The lowest BCUT2D eigenvalue weighted by atomic mass is 9.97. The molecule has 90 valence electrons. The molecule has 3 heteroatoms. The van der Waals surface area contributed by atoms with Gasteiger partial charge in [-0.1, -0.05) is 19.9 Å². The molecule has 16 heavy (non-hydrogen) atoms. The van der Waals surface area contributed by atoms with E-state index in [2.05, 4.69) is 5.32 Å². The van der Waals surface area contributed by atoms with Gasteiger partial charge in [-0.25, -0.2) is 4.39 Å². The summed E-state index contributed by atoms with van der Waals surface area (Å²) in [5, 5.41) is 13.1. The highest BCUT2D eigenvalue weighted by molar-refractivity contribution is 5.45. The molecule has 0 amide bonds. The lowest BCUT2D eigenvalue weighted by Crippen LogP contribution is -2.35. The van der Waals surface area contributed by atoms with E-state index in [-0.39, 0.29) is 5.82 Å². The summed E-state index contributed by atoms with van der Waals surface area (Å²) in [5.74, 6) is -0.221. The Morgan fingerprint density at radius 2 is 1.94 bits per heavy atom. The highest BCUT2D eigenvalue weighted by Gasteiger charge is 2.21. The monoisotopic (exact) mass is 225 g/mol. The molecule has 0 saturated carbocycles. The third-order valence-corrected chi connectivity index (χ3v) is 3.11. The van der Waals surface area contributed by atoms with Crippen LogP contribution in [0, 0.1) is 12.7 Å². The number of hydrogen-bond donors (Lipinski definition) is 2. The zero-order valence-electron chi connectivity index (χ0n) is 10.2. The van der Waals surface area contributed by atoms with E-state index in [0.29, 0.717) is 30.6 Å². The maximum atomic E-state index is 13.3. The molecular weight excluding hydrogens is 205 g/mol. The van der Waals surface area contributed by atoms with E-state index in [1.165, 1.54) is 6.07 Å². The SMILES string of the molecule is CCC(O)(CC)CNc1ccc(C)c(F)c1. The average Bonchev–Trinajstić information content (AvgIpc) is 2.30. The van der Waals surface area contributed by atoms with Crippen LogP contribution in [0.25, 0.3) is 0 Å². The Kier molecular flexibility index (Phi) is 4.30. The van der Waals surface area contributed by atoms with Crippen molar-refractivity contribution in [1.29, 1.82) is 0 Å². The predicted molar refractivity (Wildman–Crippen MR) is 65.2 cm³/mol. The van der Waals surface area contributed by atoms with Gasteiger partial charge in [-0.05, 0) is 37.5 Å². The van der Waals surface area contributed by atoms with Crippen LogP contribution in [0.3, 0.4) is 0 Å². The molecule has 1 aromatic carbocycles. The Hall–Kier alpha value is -1.09. The van der Waals surface area contributed by atoms with Gasteiger partial charge >= 0.3 is 0 Å². The Labute approximate surface area is 96.5 Å². The smallest absolute Gasteiger partial charge is 0.128 e.